The Morgan fingerprint density at radius 2 is 1.50 bits per heavy atom. The molecule has 94 valence electrons. The second-order valence-electron chi connectivity index (χ2n) is 3.21. The van der Waals surface area contributed by atoms with E-state index in [4.69, 9.17) is 25.5 Å². The van der Waals surface area contributed by atoms with Crippen molar-refractivity contribution in [2.45, 2.75) is 30.8 Å². The van der Waals surface area contributed by atoms with Crippen molar-refractivity contribution in [2.24, 2.45) is 0 Å². The number of ketones is 1. The number of carbonyl (C=O) groups excluding carboxylic acids is 1. The van der Waals surface area contributed by atoms with Crippen molar-refractivity contribution < 1.29 is 40.2 Å². The minimum absolute atomic E-state index is 0.877. The average molecular weight is 238 g/mol. The maximum absolute atomic E-state index is 11.0. The third kappa shape index (κ3) is 4.21. The van der Waals surface area contributed by atoms with E-state index in [1.807, 2.05) is 0 Å². The molecular formula is C8H14O8. The fourth-order valence-electron chi connectivity index (χ4n) is 0.966. The van der Waals surface area contributed by atoms with E-state index in [9.17, 15) is 14.7 Å². The number of carbonyl (C=O) groups is 2. The van der Waals surface area contributed by atoms with Crippen LogP contribution in [0, 0.1) is 0 Å². The van der Waals surface area contributed by atoms with E-state index in [0.717, 1.165) is 0 Å². The lowest BCUT2D eigenvalue weighted by atomic mass is 9.99. The van der Waals surface area contributed by atoms with E-state index < -0.39 is 49.2 Å². The van der Waals surface area contributed by atoms with Crippen molar-refractivity contribution in [3.05, 3.63) is 0 Å². The lowest BCUT2D eigenvalue weighted by Gasteiger charge is -2.24. The van der Waals surface area contributed by atoms with Crippen LogP contribution in [0.25, 0.3) is 0 Å². The van der Waals surface area contributed by atoms with Gasteiger partial charge in [-0.05, 0) is 0 Å². The van der Waals surface area contributed by atoms with Gasteiger partial charge in [0.2, 0.25) is 0 Å². The van der Waals surface area contributed by atoms with Gasteiger partial charge in [0.05, 0.1) is 6.61 Å². The van der Waals surface area contributed by atoms with Crippen LogP contribution >= 0.6 is 0 Å². The summed E-state index contributed by atoms with van der Waals surface area (Å²) in [6, 6.07) is 0. The number of carboxylic acid groups (broad SMARTS) is 1. The first-order valence-corrected chi connectivity index (χ1v) is 4.38. The zero-order chi connectivity index (χ0) is 12.9. The Balaban J connectivity index is 4.42. The molecule has 16 heavy (non-hydrogen) atoms. The van der Waals surface area contributed by atoms with Crippen LogP contribution < -0.4 is 0 Å². The van der Waals surface area contributed by atoms with Gasteiger partial charge in [-0.15, -0.1) is 0 Å². The molecule has 0 aliphatic rings. The van der Waals surface area contributed by atoms with Gasteiger partial charge in [-0.1, -0.05) is 0 Å². The summed E-state index contributed by atoms with van der Waals surface area (Å²) in [6.07, 6.45) is -8.89. The minimum Gasteiger partial charge on any atom is -0.481 e. The summed E-state index contributed by atoms with van der Waals surface area (Å²) in [6.45, 7) is -0.877. The molecule has 6 N–H and O–H groups in total. The monoisotopic (exact) mass is 238 g/mol. The van der Waals surface area contributed by atoms with Crippen LogP contribution in [0.2, 0.25) is 0 Å². The second-order valence-corrected chi connectivity index (χ2v) is 3.21. The predicted octanol–water partition coefficient (Wildman–Crippen LogP) is -3.53. The summed E-state index contributed by atoms with van der Waals surface area (Å²) in [5.41, 5.74) is 0. The summed E-state index contributed by atoms with van der Waals surface area (Å²) in [7, 11) is 0. The molecule has 0 spiro atoms. The van der Waals surface area contributed by atoms with E-state index in [-0.39, 0.29) is 0 Å². The number of hydrogen-bond acceptors (Lipinski definition) is 7. The van der Waals surface area contributed by atoms with Gasteiger partial charge in [-0.3, -0.25) is 9.59 Å². The van der Waals surface area contributed by atoms with Crippen molar-refractivity contribution in [1.29, 1.82) is 0 Å². The molecule has 0 unspecified atom stereocenters. The molecular weight excluding hydrogens is 224 g/mol. The third-order valence-corrected chi connectivity index (χ3v) is 1.91. The van der Waals surface area contributed by atoms with Crippen molar-refractivity contribution >= 4 is 11.8 Å². The molecule has 0 aliphatic carbocycles. The van der Waals surface area contributed by atoms with Crippen LogP contribution in [0.4, 0.5) is 0 Å². The summed E-state index contributed by atoms with van der Waals surface area (Å²) in [5, 5.41) is 53.0. The highest BCUT2D eigenvalue weighted by atomic mass is 16.4. The molecule has 0 amide bonds. The molecule has 0 aromatic rings. The van der Waals surface area contributed by atoms with Gasteiger partial charge < -0.3 is 30.6 Å². The quantitative estimate of drug-likeness (QED) is 0.249. The van der Waals surface area contributed by atoms with Gasteiger partial charge in [0.15, 0.2) is 5.78 Å². The number of aliphatic carboxylic acids is 1. The number of aliphatic hydroxyl groups excluding tert-OH is 5. The van der Waals surface area contributed by atoms with Gasteiger partial charge >= 0.3 is 5.97 Å². The minimum atomic E-state index is -2.13. The highest BCUT2D eigenvalue weighted by molar-refractivity contribution is 5.97. The standard InChI is InChI=1S/C8H14O8/c9-2-4(11)7(15)8(16)6(14)3(10)1-5(12)13/h4,6-9,11,14-16H,1-2H2,(H,12,13)/t4-,6+,7-,8-/m1/s1. The van der Waals surface area contributed by atoms with Crippen LogP contribution in [0.15, 0.2) is 0 Å². The Kier molecular flexibility index (Phi) is 6.08. The maximum Gasteiger partial charge on any atom is 0.310 e. The third-order valence-electron chi connectivity index (χ3n) is 1.91. The van der Waals surface area contributed by atoms with Crippen LogP contribution in [0.5, 0.6) is 0 Å². The van der Waals surface area contributed by atoms with Gasteiger partial charge in [0, 0.05) is 0 Å². The summed E-state index contributed by atoms with van der Waals surface area (Å²) >= 11 is 0. The summed E-state index contributed by atoms with van der Waals surface area (Å²) < 4.78 is 0. The molecule has 0 heterocycles. The molecule has 8 nitrogen and oxygen atoms in total. The van der Waals surface area contributed by atoms with Crippen molar-refractivity contribution in [1.82, 2.24) is 0 Å². The zero-order valence-corrected chi connectivity index (χ0v) is 8.22. The van der Waals surface area contributed by atoms with E-state index in [0.29, 0.717) is 0 Å². The Hall–Kier alpha value is -1.06. The highest BCUT2D eigenvalue weighted by Gasteiger charge is 2.34. The first kappa shape index (κ1) is 14.9. The molecule has 0 rings (SSSR count). The molecule has 0 aromatic carbocycles. The number of carboxylic acids is 1. The topological polar surface area (TPSA) is 156 Å². The number of hydrogen-bond donors (Lipinski definition) is 6. The van der Waals surface area contributed by atoms with Crippen LogP contribution in [-0.2, 0) is 9.59 Å². The Morgan fingerprint density at radius 1 is 1.00 bits per heavy atom. The first-order valence-electron chi connectivity index (χ1n) is 4.38. The number of rotatable bonds is 7. The largest absolute Gasteiger partial charge is 0.481 e. The van der Waals surface area contributed by atoms with Gasteiger partial charge in [-0.2, -0.15) is 0 Å². The summed E-state index contributed by atoms with van der Waals surface area (Å²) in [5.74, 6) is -2.70. The molecule has 0 aromatic heterocycles. The fraction of sp³-hybridized carbons (Fsp3) is 0.750. The second kappa shape index (κ2) is 6.51. The molecule has 8 heteroatoms. The molecule has 4 atom stereocenters. The molecule has 0 saturated carbocycles. The Labute approximate surface area is 90.4 Å². The molecule has 0 fully saturated rings. The zero-order valence-electron chi connectivity index (χ0n) is 8.22. The van der Waals surface area contributed by atoms with Gasteiger partial charge in [0.25, 0.3) is 0 Å². The molecule has 0 aliphatic heterocycles. The van der Waals surface area contributed by atoms with E-state index >= 15 is 0 Å². The Bertz CT molecular complexity index is 252. The summed E-state index contributed by atoms with van der Waals surface area (Å²) in [4.78, 5) is 21.1. The normalized spacial score (nSPS) is 18.6. The van der Waals surface area contributed by atoms with Gasteiger partial charge in [0.1, 0.15) is 30.8 Å². The van der Waals surface area contributed by atoms with Crippen LogP contribution in [0.1, 0.15) is 6.42 Å². The highest BCUT2D eigenvalue weighted by Crippen LogP contribution is 2.07. The van der Waals surface area contributed by atoms with E-state index in [1.165, 1.54) is 0 Å². The fourth-order valence-corrected chi connectivity index (χ4v) is 0.966. The van der Waals surface area contributed by atoms with Crippen molar-refractivity contribution in [3.63, 3.8) is 0 Å². The molecule has 0 bridgehead atoms. The first-order chi connectivity index (χ1) is 7.31. The van der Waals surface area contributed by atoms with Gasteiger partial charge in [-0.25, -0.2) is 0 Å². The lowest BCUT2D eigenvalue weighted by Crippen LogP contribution is -2.48. The average Bonchev–Trinajstić information content (AvgIpc) is 2.23. The lowest BCUT2D eigenvalue weighted by molar-refractivity contribution is -0.152. The molecule has 0 saturated heterocycles. The Morgan fingerprint density at radius 3 is 1.88 bits per heavy atom. The SMILES string of the molecule is O=C(O)CC(=O)[C@H](O)[C@@H](O)[C@H](O)[C@H](O)CO. The predicted molar refractivity (Wildman–Crippen MR) is 48.4 cm³/mol. The van der Waals surface area contributed by atoms with Crippen LogP contribution in [-0.4, -0.2) is 73.4 Å². The van der Waals surface area contributed by atoms with Crippen molar-refractivity contribution in [2.75, 3.05) is 6.61 Å². The number of Topliss-reactive ketones (excluding diaryl/α,β-unsaturated/α-hetero) is 1. The maximum atomic E-state index is 11.0. The smallest absolute Gasteiger partial charge is 0.310 e. The number of aliphatic hydroxyl groups is 5. The van der Waals surface area contributed by atoms with Crippen LogP contribution in [0.3, 0.4) is 0 Å². The molecule has 0 radical (unpaired) electrons. The van der Waals surface area contributed by atoms with Crippen molar-refractivity contribution in [3.8, 4) is 0 Å². The van der Waals surface area contributed by atoms with E-state index in [1.54, 1.807) is 0 Å². The van der Waals surface area contributed by atoms with E-state index in [2.05, 4.69) is 0 Å².